The van der Waals surface area contributed by atoms with Crippen LogP contribution >= 0.6 is 11.6 Å². The highest BCUT2D eigenvalue weighted by molar-refractivity contribution is 6.18. The topological polar surface area (TPSA) is 86.0 Å². The van der Waals surface area contributed by atoms with E-state index in [2.05, 4.69) is 10.3 Å². The van der Waals surface area contributed by atoms with Crippen molar-refractivity contribution in [2.45, 2.75) is 12.8 Å². The lowest BCUT2D eigenvalue weighted by molar-refractivity contribution is -0.116. The number of rotatable bonds is 4. The van der Waals surface area contributed by atoms with Crippen molar-refractivity contribution < 1.29 is 4.79 Å². The molecule has 0 aliphatic rings. The van der Waals surface area contributed by atoms with Crippen LogP contribution in [0.25, 0.3) is 11.0 Å². The Bertz CT molecular complexity index is 809. The molecule has 2 rings (SSSR count). The third-order valence-electron chi connectivity index (χ3n) is 3.15. The number of alkyl halides is 1. The average molecular weight is 311 g/mol. The van der Waals surface area contributed by atoms with Gasteiger partial charge in [0.2, 0.25) is 5.91 Å². The van der Waals surface area contributed by atoms with E-state index >= 15 is 0 Å². The zero-order chi connectivity index (χ0) is 15.6. The van der Waals surface area contributed by atoms with E-state index in [0.717, 1.165) is 4.57 Å². The van der Waals surface area contributed by atoms with E-state index in [-0.39, 0.29) is 23.4 Å². The molecule has 0 aliphatic carbocycles. The highest BCUT2D eigenvalue weighted by Crippen LogP contribution is 2.16. The van der Waals surface area contributed by atoms with Crippen molar-refractivity contribution in [1.82, 2.24) is 14.1 Å². The van der Waals surface area contributed by atoms with Gasteiger partial charge in [-0.25, -0.2) is 9.78 Å². The van der Waals surface area contributed by atoms with Gasteiger partial charge in [0, 0.05) is 32.6 Å². The second-order valence-electron chi connectivity index (χ2n) is 4.60. The Morgan fingerprint density at radius 1 is 1.33 bits per heavy atom. The number of aromatic nitrogens is 3. The molecule has 8 heteroatoms. The molecule has 21 heavy (non-hydrogen) atoms. The normalized spacial score (nSPS) is 10.8. The fourth-order valence-electron chi connectivity index (χ4n) is 2.03. The molecule has 2 heterocycles. The fourth-order valence-corrected chi connectivity index (χ4v) is 2.16. The Morgan fingerprint density at radius 3 is 2.71 bits per heavy atom. The van der Waals surface area contributed by atoms with Crippen LogP contribution in [0.5, 0.6) is 0 Å². The van der Waals surface area contributed by atoms with Gasteiger partial charge < -0.3 is 5.32 Å². The summed E-state index contributed by atoms with van der Waals surface area (Å²) in [5.41, 5.74) is -0.381. The zero-order valence-corrected chi connectivity index (χ0v) is 12.5. The number of carbonyl (C=O) groups excluding carboxylic acids is 1. The van der Waals surface area contributed by atoms with Crippen LogP contribution in [0.4, 0.5) is 5.69 Å². The molecule has 7 nitrogen and oxygen atoms in total. The largest absolute Gasteiger partial charge is 0.332 e. The second kappa shape index (κ2) is 6.09. The number of hydrogen-bond acceptors (Lipinski definition) is 4. The highest BCUT2D eigenvalue weighted by Gasteiger charge is 2.14. The number of nitrogens with zero attached hydrogens (tertiary/aromatic N) is 3. The Balaban J connectivity index is 2.59. The molecular formula is C13H15ClN4O3. The van der Waals surface area contributed by atoms with Crippen molar-refractivity contribution in [3.63, 3.8) is 0 Å². The number of halogens is 1. The minimum Gasteiger partial charge on any atom is -0.325 e. The van der Waals surface area contributed by atoms with Gasteiger partial charge in [0.05, 0.1) is 5.69 Å². The van der Waals surface area contributed by atoms with Crippen molar-refractivity contribution in [1.29, 1.82) is 0 Å². The lowest BCUT2D eigenvalue weighted by Crippen LogP contribution is -2.37. The van der Waals surface area contributed by atoms with Gasteiger partial charge in [-0.2, -0.15) is 0 Å². The van der Waals surface area contributed by atoms with Gasteiger partial charge in [0.1, 0.15) is 5.39 Å². The SMILES string of the molecule is Cn1c(=O)c2c(NC(=O)CCCCl)ccnc2n(C)c1=O. The van der Waals surface area contributed by atoms with Crippen LogP contribution in [-0.4, -0.2) is 25.9 Å². The maximum absolute atomic E-state index is 12.3. The Kier molecular flexibility index (Phi) is 4.42. The first-order valence-electron chi connectivity index (χ1n) is 6.38. The minimum absolute atomic E-state index is 0.210. The summed E-state index contributed by atoms with van der Waals surface area (Å²) in [6.45, 7) is 0. The van der Waals surface area contributed by atoms with Crippen molar-refractivity contribution in [3.05, 3.63) is 33.1 Å². The summed E-state index contributed by atoms with van der Waals surface area (Å²) in [5.74, 6) is 0.153. The maximum Gasteiger partial charge on any atom is 0.332 e. The van der Waals surface area contributed by atoms with Gasteiger partial charge in [-0.15, -0.1) is 11.6 Å². The predicted molar refractivity (Wildman–Crippen MR) is 80.8 cm³/mol. The van der Waals surface area contributed by atoms with Gasteiger partial charge in [-0.3, -0.25) is 18.7 Å². The Labute approximate surface area is 125 Å². The number of carbonyl (C=O) groups is 1. The molecule has 0 spiro atoms. The van der Waals surface area contributed by atoms with E-state index < -0.39 is 11.2 Å². The van der Waals surface area contributed by atoms with Crippen molar-refractivity contribution in [2.75, 3.05) is 11.2 Å². The third kappa shape index (κ3) is 2.82. The van der Waals surface area contributed by atoms with Gasteiger partial charge in [-0.05, 0) is 12.5 Å². The van der Waals surface area contributed by atoms with Gasteiger partial charge in [0.15, 0.2) is 5.65 Å². The summed E-state index contributed by atoms with van der Waals surface area (Å²) in [6.07, 6.45) is 2.25. The molecule has 1 amide bonds. The monoisotopic (exact) mass is 310 g/mol. The summed E-state index contributed by atoms with van der Waals surface area (Å²) in [6, 6.07) is 1.53. The van der Waals surface area contributed by atoms with Crippen LogP contribution in [-0.2, 0) is 18.9 Å². The van der Waals surface area contributed by atoms with E-state index in [1.54, 1.807) is 0 Å². The van der Waals surface area contributed by atoms with E-state index in [9.17, 15) is 14.4 Å². The molecule has 0 unspecified atom stereocenters. The number of anilines is 1. The van der Waals surface area contributed by atoms with Crippen LogP contribution in [0.2, 0.25) is 0 Å². The van der Waals surface area contributed by atoms with Crippen molar-refractivity contribution >= 4 is 34.2 Å². The average Bonchev–Trinajstić information content (AvgIpc) is 2.48. The Morgan fingerprint density at radius 2 is 2.05 bits per heavy atom. The summed E-state index contributed by atoms with van der Waals surface area (Å²) in [4.78, 5) is 40.0. The molecule has 0 saturated carbocycles. The first-order valence-corrected chi connectivity index (χ1v) is 6.91. The molecule has 0 bridgehead atoms. The van der Waals surface area contributed by atoms with Crippen LogP contribution in [0.15, 0.2) is 21.9 Å². The smallest absolute Gasteiger partial charge is 0.325 e. The lowest BCUT2D eigenvalue weighted by Gasteiger charge is -2.11. The summed E-state index contributed by atoms with van der Waals surface area (Å²) >= 11 is 5.55. The molecule has 0 aromatic carbocycles. The molecule has 0 aliphatic heterocycles. The lowest BCUT2D eigenvalue weighted by atomic mass is 10.2. The molecule has 0 atom stereocenters. The standard InChI is InChI=1S/C13H15ClN4O3/c1-17-11-10(12(20)18(2)13(17)21)8(5-7-15-11)16-9(19)4-3-6-14/h5,7H,3-4,6H2,1-2H3,(H,15,16,19). The molecule has 112 valence electrons. The highest BCUT2D eigenvalue weighted by atomic mass is 35.5. The van der Waals surface area contributed by atoms with E-state index in [1.165, 1.54) is 30.9 Å². The fraction of sp³-hybridized carbons (Fsp3) is 0.385. The maximum atomic E-state index is 12.3. The predicted octanol–water partition coefficient (Wildman–Crippen LogP) is 0.590. The van der Waals surface area contributed by atoms with E-state index in [4.69, 9.17) is 11.6 Å². The zero-order valence-electron chi connectivity index (χ0n) is 11.7. The molecule has 2 aromatic heterocycles. The molecule has 1 N–H and O–H groups in total. The van der Waals surface area contributed by atoms with E-state index in [1.807, 2.05) is 0 Å². The summed E-state index contributed by atoms with van der Waals surface area (Å²) < 4.78 is 2.25. The van der Waals surface area contributed by atoms with Crippen molar-refractivity contribution in [2.24, 2.45) is 14.1 Å². The molecule has 0 fully saturated rings. The number of fused-ring (bicyclic) bond motifs is 1. The van der Waals surface area contributed by atoms with E-state index in [0.29, 0.717) is 18.0 Å². The van der Waals surface area contributed by atoms with Crippen LogP contribution in [0.1, 0.15) is 12.8 Å². The molecule has 0 radical (unpaired) electrons. The van der Waals surface area contributed by atoms with Gasteiger partial charge in [-0.1, -0.05) is 0 Å². The quantitative estimate of drug-likeness (QED) is 0.837. The molecular weight excluding hydrogens is 296 g/mol. The second-order valence-corrected chi connectivity index (χ2v) is 4.98. The van der Waals surface area contributed by atoms with Crippen LogP contribution in [0.3, 0.4) is 0 Å². The molecule has 0 saturated heterocycles. The number of nitrogens with one attached hydrogen (secondary N) is 1. The number of amides is 1. The summed E-state index contributed by atoms with van der Waals surface area (Å²) in [5, 5.41) is 2.88. The Hall–Kier alpha value is -2.15. The van der Waals surface area contributed by atoms with Crippen LogP contribution in [0, 0.1) is 0 Å². The number of hydrogen-bond donors (Lipinski definition) is 1. The van der Waals surface area contributed by atoms with Crippen LogP contribution < -0.4 is 16.6 Å². The number of pyridine rings is 1. The summed E-state index contributed by atoms with van der Waals surface area (Å²) in [7, 11) is 2.91. The van der Waals surface area contributed by atoms with Gasteiger partial charge in [0.25, 0.3) is 5.56 Å². The van der Waals surface area contributed by atoms with Gasteiger partial charge >= 0.3 is 5.69 Å². The first-order chi connectivity index (χ1) is 9.97. The minimum atomic E-state index is -0.492. The number of aryl methyl sites for hydroxylation is 1. The van der Waals surface area contributed by atoms with Crippen molar-refractivity contribution in [3.8, 4) is 0 Å². The first kappa shape index (κ1) is 15.2. The molecule has 2 aromatic rings. The third-order valence-corrected chi connectivity index (χ3v) is 3.42.